The van der Waals surface area contributed by atoms with Crippen LogP contribution in [0, 0.1) is 0 Å². The van der Waals surface area contributed by atoms with E-state index in [1.165, 1.54) is 25.6 Å². The molecule has 3 unspecified atom stereocenters. The zero-order valence-corrected chi connectivity index (χ0v) is 15.5. The summed E-state index contributed by atoms with van der Waals surface area (Å²) in [6.45, 7) is 6.71. The van der Waals surface area contributed by atoms with Crippen LogP contribution in [0.15, 0.2) is 0 Å². The average Bonchev–Trinajstić information content (AvgIpc) is 2.51. The average molecular weight is 364 g/mol. The maximum atomic E-state index is 11.5. The van der Waals surface area contributed by atoms with E-state index in [4.69, 9.17) is 18.9 Å². The lowest BCUT2D eigenvalue weighted by molar-refractivity contribution is -0.238. The molecule has 1 heterocycles. The van der Waals surface area contributed by atoms with Crippen LogP contribution in [0.4, 0.5) is 0 Å². The Morgan fingerprint density at radius 3 is 2.21 bits per heavy atom. The highest BCUT2D eigenvalue weighted by molar-refractivity contribution is 7.99. The first-order valence-corrected chi connectivity index (χ1v) is 9.33. The molecule has 1 rings (SSSR count). The Kier molecular flexibility index (Phi) is 9.65. The third kappa shape index (κ3) is 6.23. The van der Waals surface area contributed by atoms with Crippen LogP contribution < -0.4 is 0 Å². The first-order valence-electron chi connectivity index (χ1n) is 8.28. The van der Waals surface area contributed by atoms with Crippen molar-refractivity contribution in [2.75, 3.05) is 19.0 Å². The molecule has 0 aliphatic carbocycles. The topological polar surface area (TPSA) is 91.3 Å². The van der Waals surface area contributed by atoms with Gasteiger partial charge in [0, 0.05) is 20.5 Å². The molecule has 0 bridgehead atoms. The van der Waals surface area contributed by atoms with Gasteiger partial charge >= 0.3 is 11.9 Å². The number of unbranched alkanes of at least 4 members (excludes halogenated alkanes) is 1. The number of hydrogen-bond donors (Lipinski definition) is 1. The summed E-state index contributed by atoms with van der Waals surface area (Å²) in [6, 6.07) is 0. The molecule has 0 radical (unpaired) electrons. The fourth-order valence-corrected chi connectivity index (χ4v) is 3.48. The second-order valence-corrected chi connectivity index (χ2v) is 6.89. The van der Waals surface area contributed by atoms with Crippen LogP contribution >= 0.6 is 11.8 Å². The van der Waals surface area contributed by atoms with Crippen LogP contribution in [0.3, 0.4) is 0 Å². The smallest absolute Gasteiger partial charge is 0.303 e. The van der Waals surface area contributed by atoms with Crippen molar-refractivity contribution >= 4 is 23.7 Å². The Morgan fingerprint density at radius 2 is 1.71 bits per heavy atom. The molecule has 1 saturated heterocycles. The van der Waals surface area contributed by atoms with Crippen molar-refractivity contribution in [2.45, 2.75) is 70.4 Å². The van der Waals surface area contributed by atoms with Gasteiger partial charge in [0.1, 0.15) is 17.6 Å². The number of hydrogen-bond acceptors (Lipinski definition) is 8. The van der Waals surface area contributed by atoms with Crippen LogP contribution in [0.2, 0.25) is 0 Å². The Hall–Kier alpha value is -0.830. The van der Waals surface area contributed by atoms with E-state index in [9.17, 15) is 14.7 Å². The van der Waals surface area contributed by atoms with E-state index in [-0.39, 0.29) is 6.61 Å². The molecule has 0 aromatic rings. The molecular formula is C16H28O7S. The van der Waals surface area contributed by atoms with Crippen molar-refractivity contribution in [3.8, 4) is 0 Å². The van der Waals surface area contributed by atoms with Crippen LogP contribution in [-0.4, -0.2) is 65.9 Å². The van der Waals surface area contributed by atoms with Gasteiger partial charge in [-0.1, -0.05) is 20.3 Å². The zero-order chi connectivity index (χ0) is 18.1. The normalized spacial score (nSPS) is 30.0. The van der Waals surface area contributed by atoms with Crippen molar-refractivity contribution in [1.82, 2.24) is 0 Å². The van der Waals surface area contributed by atoms with E-state index < -0.39 is 41.8 Å². The lowest BCUT2D eigenvalue weighted by atomic mass is 9.99. The van der Waals surface area contributed by atoms with Crippen molar-refractivity contribution in [2.24, 2.45) is 0 Å². The summed E-state index contributed by atoms with van der Waals surface area (Å²) in [7, 11) is 0. The third-order valence-corrected chi connectivity index (χ3v) is 4.56. The molecule has 1 N–H and O–H groups in total. The second-order valence-electron chi connectivity index (χ2n) is 5.52. The molecule has 7 nitrogen and oxygen atoms in total. The predicted molar refractivity (Wildman–Crippen MR) is 89.6 cm³/mol. The van der Waals surface area contributed by atoms with Crippen molar-refractivity contribution in [3.05, 3.63) is 0 Å². The van der Waals surface area contributed by atoms with Gasteiger partial charge in [0.15, 0.2) is 12.2 Å². The summed E-state index contributed by atoms with van der Waals surface area (Å²) < 4.78 is 22.5. The Bertz CT molecular complexity index is 404. The van der Waals surface area contributed by atoms with Crippen LogP contribution in [0.5, 0.6) is 0 Å². The Labute approximate surface area is 147 Å². The maximum absolute atomic E-state index is 11.5. The molecule has 1 fully saturated rings. The number of aliphatic hydroxyl groups excluding tert-OH is 1. The van der Waals surface area contributed by atoms with Gasteiger partial charge in [0.05, 0.1) is 6.61 Å². The predicted octanol–water partition coefficient (Wildman–Crippen LogP) is 1.51. The van der Waals surface area contributed by atoms with Gasteiger partial charge in [-0.15, -0.1) is 11.8 Å². The first kappa shape index (κ1) is 21.2. The summed E-state index contributed by atoms with van der Waals surface area (Å²) in [5.41, 5.74) is -0.491. The third-order valence-electron chi connectivity index (χ3n) is 3.51. The van der Waals surface area contributed by atoms with Crippen molar-refractivity contribution in [3.63, 3.8) is 0 Å². The first-order chi connectivity index (χ1) is 11.4. The van der Waals surface area contributed by atoms with Gasteiger partial charge < -0.3 is 24.1 Å². The SMILES string of the molecule is CCCCOC1[C@H](OC(C)=O)C(CO)OC(SCC)[C@H]1OC(C)=O. The molecule has 0 amide bonds. The Balaban J connectivity index is 3.06. The van der Waals surface area contributed by atoms with E-state index in [2.05, 4.69) is 0 Å². The Morgan fingerprint density at radius 1 is 1.08 bits per heavy atom. The molecule has 140 valence electrons. The van der Waals surface area contributed by atoms with Crippen LogP contribution in [0.25, 0.3) is 0 Å². The molecule has 1 aliphatic rings. The highest BCUT2D eigenvalue weighted by Crippen LogP contribution is 2.33. The highest BCUT2D eigenvalue weighted by Gasteiger charge is 2.50. The highest BCUT2D eigenvalue weighted by atomic mass is 32.2. The van der Waals surface area contributed by atoms with E-state index in [1.54, 1.807) is 0 Å². The summed E-state index contributed by atoms with van der Waals surface area (Å²) in [5.74, 6) is -0.228. The molecule has 5 atom stereocenters. The van der Waals surface area contributed by atoms with E-state index in [0.717, 1.165) is 18.6 Å². The summed E-state index contributed by atoms with van der Waals surface area (Å²) in [4.78, 5) is 23.0. The number of aliphatic hydroxyl groups is 1. The summed E-state index contributed by atoms with van der Waals surface area (Å²) >= 11 is 1.45. The van der Waals surface area contributed by atoms with Gasteiger partial charge in [-0.25, -0.2) is 0 Å². The zero-order valence-electron chi connectivity index (χ0n) is 14.7. The molecule has 8 heteroatoms. The summed E-state index contributed by atoms with van der Waals surface area (Å²) in [6.07, 6.45) is -1.18. The lowest BCUT2D eigenvalue weighted by Gasteiger charge is -2.44. The maximum Gasteiger partial charge on any atom is 0.303 e. The molecule has 0 spiro atoms. The lowest BCUT2D eigenvalue weighted by Crippen LogP contribution is -2.61. The van der Waals surface area contributed by atoms with Crippen LogP contribution in [-0.2, 0) is 28.5 Å². The molecule has 0 saturated carbocycles. The largest absolute Gasteiger partial charge is 0.457 e. The fourth-order valence-electron chi connectivity index (χ4n) is 2.53. The van der Waals surface area contributed by atoms with Crippen molar-refractivity contribution in [1.29, 1.82) is 0 Å². The fraction of sp³-hybridized carbons (Fsp3) is 0.875. The minimum atomic E-state index is -0.831. The van der Waals surface area contributed by atoms with Gasteiger partial charge in [-0.05, 0) is 12.2 Å². The number of carbonyl (C=O) groups excluding carboxylic acids is 2. The second kappa shape index (κ2) is 10.9. The quantitative estimate of drug-likeness (QED) is 0.486. The van der Waals surface area contributed by atoms with Crippen LogP contribution in [0.1, 0.15) is 40.5 Å². The molecular weight excluding hydrogens is 336 g/mol. The molecule has 0 aromatic carbocycles. The number of thioether (sulfide) groups is 1. The standard InChI is InChI=1S/C16H28O7S/c1-5-7-8-20-14-13(21-10(3)18)12(9-17)23-16(24-6-2)15(14)22-11(4)19/h12-17H,5-9H2,1-4H3/t12?,13-,14?,15+,16?/m1/s1. The van der Waals surface area contributed by atoms with E-state index in [1.807, 2.05) is 13.8 Å². The molecule has 24 heavy (non-hydrogen) atoms. The number of esters is 2. The minimum absolute atomic E-state index is 0.320. The van der Waals surface area contributed by atoms with E-state index in [0.29, 0.717) is 6.61 Å². The van der Waals surface area contributed by atoms with Crippen molar-refractivity contribution < 1.29 is 33.6 Å². The van der Waals surface area contributed by atoms with Gasteiger partial charge in [-0.2, -0.15) is 0 Å². The minimum Gasteiger partial charge on any atom is -0.457 e. The number of rotatable bonds is 9. The van der Waals surface area contributed by atoms with Gasteiger partial charge in [0.25, 0.3) is 0 Å². The number of ether oxygens (including phenoxy) is 4. The molecule has 0 aromatic heterocycles. The molecule has 1 aliphatic heterocycles. The van der Waals surface area contributed by atoms with Gasteiger partial charge in [0.2, 0.25) is 0 Å². The monoisotopic (exact) mass is 364 g/mol. The summed E-state index contributed by atoms with van der Waals surface area (Å²) in [5, 5.41) is 9.63. The number of carbonyl (C=O) groups is 2. The van der Waals surface area contributed by atoms with E-state index >= 15 is 0 Å². The van der Waals surface area contributed by atoms with Gasteiger partial charge in [-0.3, -0.25) is 9.59 Å².